The summed E-state index contributed by atoms with van der Waals surface area (Å²) in [5, 5.41) is 0. The van der Waals surface area contributed by atoms with Crippen molar-refractivity contribution in [1.82, 2.24) is 0 Å². The van der Waals surface area contributed by atoms with E-state index < -0.39 is 0 Å². The van der Waals surface area contributed by atoms with Gasteiger partial charge in [-0.05, 0) is 142 Å². The van der Waals surface area contributed by atoms with Crippen LogP contribution in [0, 0.1) is 13.8 Å². The Balaban J connectivity index is 1.00. The van der Waals surface area contributed by atoms with Gasteiger partial charge >= 0.3 is 0 Å². The lowest BCUT2D eigenvalue weighted by molar-refractivity contribution is 1.27. The minimum Gasteiger partial charge on any atom is -0.310 e. The lowest BCUT2D eigenvalue weighted by Crippen LogP contribution is -2.10. The topological polar surface area (TPSA) is 6.48 Å². The van der Waals surface area contributed by atoms with Crippen LogP contribution in [-0.2, 0) is 0 Å². The van der Waals surface area contributed by atoms with E-state index in [9.17, 15) is 0 Å². The fraction of sp³-hybridized carbons (Fsp3) is 0.0370. The van der Waals surface area contributed by atoms with Crippen molar-refractivity contribution >= 4 is 46.3 Å². The summed E-state index contributed by atoms with van der Waals surface area (Å²) in [6, 6.07) is 69.6. The first-order valence-electron chi connectivity index (χ1n) is 19.1. The molecule has 0 heterocycles. The number of rotatable bonds is 11. The molecule has 0 radical (unpaired) electrons. The van der Waals surface area contributed by atoms with Gasteiger partial charge in [-0.3, -0.25) is 0 Å². The van der Waals surface area contributed by atoms with Gasteiger partial charge in [0, 0.05) is 34.1 Å². The van der Waals surface area contributed by atoms with Crippen molar-refractivity contribution in [2.75, 3.05) is 9.80 Å². The zero-order valence-electron chi connectivity index (χ0n) is 31.9. The average Bonchev–Trinajstić information content (AvgIpc) is 3.25. The van der Waals surface area contributed by atoms with Gasteiger partial charge in [-0.15, -0.1) is 0 Å². The highest BCUT2D eigenvalue weighted by molar-refractivity contribution is 5.82. The average molecular weight is 721 g/mol. The van der Waals surface area contributed by atoms with Gasteiger partial charge in [0.15, 0.2) is 0 Å². The Morgan fingerprint density at radius 2 is 0.571 bits per heavy atom. The zero-order chi connectivity index (χ0) is 38.4. The largest absolute Gasteiger partial charge is 0.310 e. The molecule has 0 unspecified atom stereocenters. The quantitative estimate of drug-likeness (QED) is 0.131. The van der Waals surface area contributed by atoms with E-state index in [2.05, 4.69) is 231 Å². The van der Waals surface area contributed by atoms with Crippen molar-refractivity contribution in [3.63, 3.8) is 0 Å². The monoisotopic (exact) mass is 720 g/mol. The Morgan fingerprint density at radius 1 is 0.304 bits per heavy atom. The molecule has 270 valence electrons. The predicted molar refractivity (Wildman–Crippen MR) is 242 cm³/mol. The summed E-state index contributed by atoms with van der Waals surface area (Å²) in [4.78, 5) is 4.60. The summed E-state index contributed by atoms with van der Waals surface area (Å²) in [5.74, 6) is 0. The normalized spacial score (nSPS) is 10.8. The smallest absolute Gasteiger partial charge is 0.0467 e. The molecule has 0 bridgehead atoms. The molecule has 0 N–H and O–H groups in total. The molecule has 2 heteroatoms. The molecule has 0 fully saturated rings. The molecule has 8 rings (SSSR count). The highest BCUT2D eigenvalue weighted by atomic mass is 15.1. The fourth-order valence-electron chi connectivity index (χ4n) is 7.33. The van der Waals surface area contributed by atoms with Crippen LogP contribution in [0.4, 0.5) is 34.1 Å². The number of hydrogen-bond donors (Lipinski definition) is 0. The van der Waals surface area contributed by atoms with E-state index in [0.717, 1.165) is 45.3 Å². The van der Waals surface area contributed by atoms with Crippen LogP contribution in [0.25, 0.3) is 45.5 Å². The molecule has 0 saturated carbocycles. The van der Waals surface area contributed by atoms with E-state index in [1.807, 2.05) is 12.2 Å². The van der Waals surface area contributed by atoms with E-state index in [1.165, 1.54) is 44.5 Å². The molecule has 0 aliphatic rings. The number of anilines is 6. The lowest BCUT2D eigenvalue weighted by atomic mass is 9.97. The molecule has 0 aliphatic heterocycles. The van der Waals surface area contributed by atoms with Gasteiger partial charge in [-0.25, -0.2) is 0 Å². The maximum atomic E-state index is 3.99. The van der Waals surface area contributed by atoms with Crippen molar-refractivity contribution in [2.45, 2.75) is 13.8 Å². The highest BCUT2D eigenvalue weighted by Gasteiger charge is 2.15. The first-order valence-corrected chi connectivity index (χ1v) is 19.1. The van der Waals surface area contributed by atoms with Crippen molar-refractivity contribution in [3.05, 3.63) is 230 Å². The van der Waals surface area contributed by atoms with Crippen LogP contribution in [0.3, 0.4) is 0 Å². The summed E-state index contributed by atoms with van der Waals surface area (Å²) in [7, 11) is 0. The molecule has 2 nitrogen and oxygen atoms in total. The molecule has 0 saturated heterocycles. The summed E-state index contributed by atoms with van der Waals surface area (Å²) in [6.07, 6.45) is 3.79. The Hall–Kier alpha value is -7.16. The minimum atomic E-state index is 1.09. The van der Waals surface area contributed by atoms with Gasteiger partial charge in [-0.2, -0.15) is 0 Å². The van der Waals surface area contributed by atoms with Gasteiger partial charge in [0.1, 0.15) is 0 Å². The maximum absolute atomic E-state index is 3.99. The van der Waals surface area contributed by atoms with Crippen LogP contribution < -0.4 is 9.80 Å². The first kappa shape index (κ1) is 35.8. The van der Waals surface area contributed by atoms with Crippen LogP contribution in [-0.4, -0.2) is 0 Å². The van der Waals surface area contributed by atoms with E-state index >= 15 is 0 Å². The molecule has 56 heavy (non-hydrogen) atoms. The summed E-state index contributed by atoms with van der Waals surface area (Å²) >= 11 is 0. The summed E-state index contributed by atoms with van der Waals surface area (Å²) < 4.78 is 0. The van der Waals surface area contributed by atoms with E-state index in [-0.39, 0.29) is 0 Å². The summed E-state index contributed by atoms with van der Waals surface area (Å²) in [5.41, 5.74) is 18.4. The highest BCUT2D eigenvalue weighted by Crippen LogP contribution is 2.38. The van der Waals surface area contributed by atoms with Gasteiger partial charge in [-0.1, -0.05) is 147 Å². The second-order valence-corrected chi connectivity index (χ2v) is 14.2. The predicted octanol–water partition coefficient (Wildman–Crippen LogP) is 15.5. The van der Waals surface area contributed by atoms with Gasteiger partial charge in [0.05, 0.1) is 0 Å². The standard InChI is InChI=1S/C54H44N2/c1-5-41-13-9-17-53(37-41)55(51-15-7-11-39(3)35-51)49-31-27-47(28-32-49)45-23-19-43(20-24-45)44-21-25-46(26-22-44)48-29-33-50(34-30-48)56(52-16-8-12-40(4)36-52)54-18-10-14-42(6-2)38-54/h5-38H,1-2H2,3-4H3. The first-order chi connectivity index (χ1) is 27.4. The Bertz CT molecular complexity index is 2430. The number of benzene rings is 8. The Kier molecular flexibility index (Phi) is 10.3. The third-order valence-electron chi connectivity index (χ3n) is 10.3. The van der Waals surface area contributed by atoms with Crippen molar-refractivity contribution in [1.29, 1.82) is 0 Å². The van der Waals surface area contributed by atoms with Crippen molar-refractivity contribution in [2.24, 2.45) is 0 Å². The van der Waals surface area contributed by atoms with Crippen LogP contribution in [0.15, 0.2) is 207 Å². The minimum absolute atomic E-state index is 1.09. The number of aryl methyl sites for hydroxylation is 2. The molecule has 0 atom stereocenters. The third-order valence-corrected chi connectivity index (χ3v) is 10.3. The summed E-state index contributed by atoms with van der Waals surface area (Å²) in [6.45, 7) is 12.2. The van der Waals surface area contributed by atoms with Crippen LogP contribution in [0.1, 0.15) is 22.3 Å². The van der Waals surface area contributed by atoms with Crippen LogP contribution in [0.2, 0.25) is 0 Å². The SMILES string of the molecule is C=Cc1cccc(N(c2ccc(-c3ccc(-c4ccc(-c5ccc(N(c6cccc(C)c6)c6cccc(C=C)c6)cc5)cc4)cc3)cc2)c2cccc(C)c2)c1. The third kappa shape index (κ3) is 7.73. The maximum Gasteiger partial charge on any atom is 0.0467 e. The van der Waals surface area contributed by atoms with Crippen molar-refractivity contribution < 1.29 is 0 Å². The van der Waals surface area contributed by atoms with E-state index in [1.54, 1.807) is 0 Å². The molecule has 0 aromatic heterocycles. The van der Waals surface area contributed by atoms with Gasteiger partial charge in [0.2, 0.25) is 0 Å². The Labute approximate surface area is 331 Å². The van der Waals surface area contributed by atoms with E-state index in [4.69, 9.17) is 0 Å². The number of nitrogens with zero attached hydrogens (tertiary/aromatic N) is 2. The molecule has 0 aliphatic carbocycles. The molecular weight excluding hydrogens is 677 g/mol. The zero-order valence-corrected chi connectivity index (χ0v) is 31.9. The molecule has 8 aromatic carbocycles. The molecule has 0 amide bonds. The van der Waals surface area contributed by atoms with Gasteiger partial charge < -0.3 is 9.80 Å². The second-order valence-electron chi connectivity index (χ2n) is 14.2. The lowest BCUT2D eigenvalue weighted by Gasteiger charge is -2.26. The number of hydrogen-bond acceptors (Lipinski definition) is 2. The van der Waals surface area contributed by atoms with Gasteiger partial charge in [0.25, 0.3) is 0 Å². The molecule has 8 aromatic rings. The Morgan fingerprint density at radius 3 is 0.857 bits per heavy atom. The molecule has 0 spiro atoms. The van der Waals surface area contributed by atoms with Crippen molar-refractivity contribution in [3.8, 4) is 33.4 Å². The van der Waals surface area contributed by atoms with Crippen LogP contribution in [0.5, 0.6) is 0 Å². The molecular formula is C54H44N2. The van der Waals surface area contributed by atoms with E-state index in [0.29, 0.717) is 0 Å². The van der Waals surface area contributed by atoms with Crippen LogP contribution >= 0.6 is 0 Å². The second kappa shape index (κ2) is 16.1. The fourth-order valence-corrected chi connectivity index (χ4v) is 7.33.